The van der Waals surface area contributed by atoms with Crippen molar-refractivity contribution >= 4 is 26.9 Å². The molecule has 0 radical (unpaired) electrons. The molecule has 1 aromatic heterocycles. The maximum Gasteiger partial charge on any atom is 0.301 e. The van der Waals surface area contributed by atoms with E-state index < -0.39 is 16.0 Å². The zero-order valence-electron chi connectivity index (χ0n) is 21.2. The topological polar surface area (TPSA) is 129 Å². The summed E-state index contributed by atoms with van der Waals surface area (Å²) in [6.07, 6.45) is 4.60. The second kappa shape index (κ2) is 10.4. The highest BCUT2D eigenvalue weighted by molar-refractivity contribution is 7.90. The van der Waals surface area contributed by atoms with E-state index in [4.69, 9.17) is 14.5 Å². The van der Waals surface area contributed by atoms with Gasteiger partial charge in [-0.2, -0.15) is 18.0 Å². The number of anilines is 1. The molecule has 200 valence electrons. The van der Waals surface area contributed by atoms with Crippen LogP contribution in [0.2, 0.25) is 0 Å². The minimum Gasteiger partial charge on any atom is -0.453 e. The van der Waals surface area contributed by atoms with Gasteiger partial charge in [0.1, 0.15) is 17.4 Å². The van der Waals surface area contributed by atoms with Gasteiger partial charge in [-0.05, 0) is 56.6 Å². The Bertz CT molecular complexity index is 1500. The summed E-state index contributed by atoms with van der Waals surface area (Å²) in [6, 6.07) is 9.03. The normalized spacial score (nSPS) is 19.1. The summed E-state index contributed by atoms with van der Waals surface area (Å²) >= 11 is 0. The van der Waals surface area contributed by atoms with E-state index in [2.05, 4.69) is 15.0 Å². The van der Waals surface area contributed by atoms with Crippen molar-refractivity contribution in [2.75, 3.05) is 38.0 Å². The standard InChI is InChI=1S/C26H29FN6O4S/c1-3-33(2)38(34,35)32-21-7-5-20(27)25(19(21)14-28)37-18-4-6-22-23(12-18)31-24(15-30-22)17-13-26(36-16-17)8-10-29-11-9-26/h4-7,12,15,17,29,32H,3,8-11,13,16H2,1-2H3. The average molecular weight is 541 g/mol. The van der Waals surface area contributed by atoms with Gasteiger partial charge in [0, 0.05) is 31.8 Å². The summed E-state index contributed by atoms with van der Waals surface area (Å²) in [5, 5.41) is 13.1. The van der Waals surface area contributed by atoms with Crippen molar-refractivity contribution in [3.8, 4) is 17.6 Å². The monoisotopic (exact) mass is 540 g/mol. The quantitative estimate of drug-likeness (QED) is 0.464. The van der Waals surface area contributed by atoms with Crippen LogP contribution in [0.3, 0.4) is 0 Å². The first-order valence-corrected chi connectivity index (χ1v) is 13.9. The van der Waals surface area contributed by atoms with E-state index >= 15 is 0 Å². The zero-order chi connectivity index (χ0) is 26.9. The number of rotatable bonds is 7. The van der Waals surface area contributed by atoms with E-state index in [0.29, 0.717) is 17.6 Å². The number of nitriles is 1. The van der Waals surface area contributed by atoms with Crippen molar-refractivity contribution in [3.05, 3.63) is 53.6 Å². The zero-order valence-corrected chi connectivity index (χ0v) is 22.0. The lowest BCUT2D eigenvalue weighted by Gasteiger charge is -2.32. The van der Waals surface area contributed by atoms with Crippen LogP contribution >= 0.6 is 0 Å². The number of aromatic nitrogens is 2. The van der Waals surface area contributed by atoms with Gasteiger partial charge in [-0.1, -0.05) is 6.92 Å². The molecule has 0 saturated carbocycles. The Kier molecular flexibility index (Phi) is 7.19. The summed E-state index contributed by atoms with van der Waals surface area (Å²) in [6.45, 7) is 4.35. The minimum atomic E-state index is -3.93. The second-order valence-electron chi connectivity index (χ2n) is 9.62. The predicted molar refractivity (Wildman–Crippen MR) is 140 cm³/mol. The molecular weight excluding hydrogens is 511 g/mol. The molecule has 1 spiro atoms. The predicted octanol–water partition coefficient (Wildman–Crippen LogP) is 3.67. The number of ether oxygens (including phenoxy) is 2. The van der Waals surface area contributed by atoms with Crippen LogP contribution in [0.5, 0.6) is 11.5 Å². The summed E-state index contributed by atoms with van der Waals surface area (Å²) in [4.78, 5) is 9.35. The lowest BCUT2D eigenvalue weighted by atomic mass is 9.85. The largest absolute Gasteiger partial charge is 0.453 e. The number of fused-ring (bicyclic) bond motifs is 1. The lowest BCUT2D eigenvalue weighted by Crippen LogP contribution is -2.41. The summed E-state index contributed by atoms with van der Waals surface area (Å²) in [7, 11) is -2.54. The van der Waals surface area contributed by atoms with Crippen molar-refractivity contribution in [3.63, 3.8) is 0 Å². The Morgan fingerprint density at radius 3 is 2.82 bits per heavy atom. The van der Waals surface area contributed by atoms with Gasteiger partial charge in [-0.15, -0.1) is 0 Å². The molecule has 5 rings (SSSR count). The Hall–Kier alpha value is -3.37. The van der Waals surface area contributed by atoms with Crippen LogP contribution < -0.4 is 14.8 Å². The van der Waals surface area contributed by atoms with Gasteiger partial charge < -0.3 is 14.8 Å². The minimum absolute atomic E-state index is 0.0832. The molecule has 0 aliphatic carbocycles. The first-order valence-electron chi connectivity index (χ1n) is 12.5. The van der Waals surface area contributed by atoms with E-state index in [9.17, 15) is 18.1 Å². The van der Waals surface area contributed by atoms with Crippen LogP contribution in [0.4, 0.5) is 10.1 Å². The molecule has 0 amide bonds. The highest BCUT2D eigenvalue weighted by atomic mass is 32.2. The third-order valence-corrected chi connectivity index (χ3v) is 8.77. The molecule has 2 saturated heterocycles. The first-order chi connectivity index (χ1) is 18.2. The summed E-state index contributed by atoms with van der Waals surface area (Å²) in [5.41, 5.74) is 1.56. The first kappa shape index (κ1) is 26.2. The second-order valence-corrected chi connectivity index (χ2v) is 11.4. The van der Waals surface area contributed by atoms with Crippen LogP contribution in [-0.4, -0.2) is 61.6 Å². The van der Waals surface area contributed by atoms with E-state index in [1.807, 2.05) is 6.07 Å². The Morgan fingerprint density at radius 2 is 2.08 bits per heavy atom. The molecule has 2 aromatic carbocycles. The van der Waals surface area contributed by atoms with Gasteiger partial charge in [0.05, 0.1) is 34.6 Å². The van der Waals surface area contributed by atoms with Gasteiger partial charge in [0.2, 0.25) is 0 Å². The highest BCUT2D eigenvalue weighted by Crippen LogP contribution is 2.41. The summed E-state index contributed by atoms with van der Waals surface area (Å²) < 4.78 is 55.2. The molecule has 2 N–H and O–H groups in total. The van der Waals surface area contributed by atoms with Crippen LogP contribution in [-0.2, 0) is 14.9 Å². The highest BCUT2D eigenvalue weighted by Gasteiger charge is 2.42. The van der Waals surface area contributed by atoms with Gasteiger partial charge in [0.15, 0.2) is 11.6 Å². The lowest BCUT2D eigenvalue weighted by molar-refractivity contribution is -0.0193. The number of nitrogens with one attached hydrogen (secondary N) is 2. The van der Waals surface area contributed by atoms with Gasteiger partial charge in [0.25, 0.3) is 0 Å². The van der Waals surface area contributed by atoms with Crippen molar-refractivity contribution in [2.45, 2.75) is 37.7 Å². The summed E-state index contributed by atoms with van der Waals surface area (Å²) in [5.74, 6) is -0.818. The molecule has 1 unspecified atom stereocenters. The number of hydrogen-bond donors (Lipinski definition) is 2. The number of nitrogens with zero attached hydrogens (tertiary/aromatic N) is 4. The van der Waals surface area contributed by atoms with Crippen molar-refractivity contribution in [2.24, 2.45) is 0 Å². The number of piperidine rings is 1. The maximum absolute atomic E-state index is 14.8. The molecular formula is C26H29FN6O4S. The average Bonchev–Trinajstić information content (AvgIpc) is 3.32. The van der Waals surface area contributed by atoms with Crippen LogP contribution in [0.25, 0.3) is 11.0 Å². The Morgan fingerprint density at radius 1 is 1.29 bits per heavy atom. The Balaban J connectivity index is 1.42. The van der Waals surface area contributed by atoms with Crippen molar-refractivity contribution < 1.29 is 22.3 Å². The number of hydrogen-bond acceptors (Lipinski definition) is 8. The fourth-order valence-electron chi connectivity index (χ4n) is 4.89. The molecule has 2 aliphatic rings. The molecule has 2 aliphatic heterocycles. The molecule has 3 aromatic rings. The third-order valence-electron chi connectivity index (χ3n) is 7.21. The molecule has 0 bridgehead atoms. The molecule has 12 heteroatoms. The molecule has 1 atom stereocenters. The van der Waals surface area contributed by atoms with E-state index in [-0.39, 0.29) is 40.8 Å². The maximum atomic E-state index is 14.8. The fourth-order valence-corrected chi connectivity index (χ4v) is 5.83. The molecule has 2 fully saturated rings. The van der Waals surface area contributed by atoms with E-state index in [1.165, 1.54) is 13.1 Å². The van der Waals surface area contributed by atoms with Crippen LogP contribution in [0.1, 0.15) is 43.4 Å². The van der Waals surface area contributed by atoms with Gasteiger partial charge in [-0.3, -0.25) is 9.71 Å². The van der Waals surface area contributed by atoms with Gasteiger partial charge >= 0.3 is 10.2 Å². The SMILES string of the molecule is CCN(C)S(=O)(=O)Nc1ccc(F)c(Oc2ccc3ncc(C4COC5(CCNCC5)C4)nc3c2)c1C#N. The van der Waals surface area contributed by atoms with E-state index in [1.54, 1.807) is 31.3 Å². The van der Waals surface area contributed by atoms with Crippen molar-refractivity contribution in [1.82, 2.24) is 19.6 Å². The fraction of sp³-hybridized carbons (Fsp3) is 0.423. The van der Waals surface area contributed by atoms with E-state index in [0.717, 1.165) is 48.4 Å². The number of halogens is 1. The van der Waals surface area contributed by atoms with Gasteiger partial charge in [-0.25, -0.2) is 9.37 Å². The molecule has 3 heterocycles. The molecule has 38 heavy (non-hydrogen) atoms. The van der Waals surface area contributed by atoms with Crippen LogP contribution in [0.15, 0.2) is 36.5 Å². The number of benzene rings is 2. The smallest absolute Gasteiger partial charge is 0.301 e. The Labute approximate surface area is 221 Å². The third kappa shape index (κ3) is 5.15. The molecule has 10 nitrogen and oxygen atoms in total. The van der Waals surface area contributed by atoms with Crippen LogP contribution in [0, 0.1) is 17.1 Å². The van der Waals surface area contributed by atoms with Crippen molar-refractivity contribution in [1.29, 1.82) is 5.26 Å².